The fourth-order valence-electron chi connectivity index (χ4n) is 8.65. The summed E-state index contributed by atoms with van der Waals surface area (Å²) < 4.78 is 10.3. The molecule has 2 aliphatic heterocycles. The lowest BCUT2D eigenvalue weighted by atomic mass is 9.84. The fraction of sp³-hybridized carbons (Fsp3) is 0.612. The first-order valence-corrected chi connectivity index (χ1v) is 23.1. The topological polar surface area (TPSA) is 205 Å². The van der Waals surface area contributed by atoms with Crippen LogP contribution in [0.1, 0.15) is 85.8 Å². The zero-order chi connectivity index (χ0) is 47.8. The molecule has 2 saturated heterocycles. The van der Waals surface area contributed by atoms with Gasteiger partial charge in [-0.25, -0.2) is 9.59 Å². The van der Waals surface area contributed by atoms with Gasteiger partial charge in [-0.05, 0) is 65.9 Å². The molecule has 0 spiro atoms. The van der Waals surface area contributed by atoms with Gasteiger partial charge in [0.05, 0.1) is 13.7 Å². The number of amides is 6. The predicted molar refractivity (Wildman–Crippen MR) is 247 cm³/mol. The number of methoxy groups -OCH3 is 1. The van der Waals surface area contributed by atoms with Crippen LogP contribution in [0.2, 0.25) is 0 Å². The highest BCUT2D eigenvalue weighted by atomic mass is 16.5. The van der Waals surface area contributed by atoms with Crippen LogP contribution in [0.25, 0.3) is 0 Å². The molecule has 2 aliphatic rings. The number of ether oxygens (including phenoxy) is 2. The summed E-state index contributed by atoms with van der Waals surface area (Å²) in [7, 11) is 1.27. The quantitative estimate of drug-likeness (QED) is 0.108. The Labute approximate surface area is 385 Å². The molecule has 2 heterocycles. The molecule has 2 aromatic rings. The number of alkyl carbamates (subject to hydrolysis) is 1. The average molecular weight is 904 g/mol. The molecule has 16 heteroatoms. The highest BCUT2D eigenvalue weighted by molar-refractivity contribution is 5.94. The van der Waals surface area contributed by atoms with Crippen LogP contribution in [0.4, 0.5) is 4.79 Å². The van der Waals surface area contributed by atoms with Crippen molar-refractivity contribution in [3.05, 3.63) is 71.8 Å². The Kier molecular flexibility index (Phi) is 20.2. The smallest absolute Gasteiger partial charge is 0.408 e. The summed E-state index contributed by atoms with van der Waals surface area (Å²) in [6, 6.07) is 13.8. The second-order valence-corrected chi connectivity index (χ2v) is 19.3. The number of fused-ring (bicyclic) bond motifs is 2. The van der Waals surface area contributed by atoms with E-state index in [1.807, 2.05) is 121 Å². The highest BCUT2D eigenvalue weighted by Gasteiger charge is 2.40. The van der Waals surface area contributed by atoms with Crippen LogP contribution in [0.5, 0.6) is 0 Å². The van der Waals surface area contributed by atoms with Crippen molar-refractivity contribution in [1.82, 2.24) is 36.4 Å². The van der Waals surface area contributed by atoms with Gasteiger partial charge in [0.25, 0.3) is 0 Å². The Morgan fingerprint density at radius 2 is 1.12 bits per heavy atom. The summed E-state index contributed by atoms with van der Waals surface area (Å²) in [5, 5.41) is 14.2. The minimum absolute atomic E-state index is 0.0176. The summed E-state index contributed by atoms with van der Waals surface area (Å²) in [6.45, 7) is 17.3. The van der Waals surface area contributed by atoms with Gasteiger partial charge >= 0.3 is 12.1 Å². The number of rotatable bonds is 22. The van der Waals surface area contributed by atoms with Crippen LogP contribution >= 0.6 is 0 Å². The van der Waals surface area contributed by atoms with Crippen molar-refractivity contribution in [3.63, 3.8) is 0 Å². The summed E-state index contributed by atoms with van der Waals surface area (Å²) in [5.74, 6) is -2.76. The molecule has 6 amide bonds. The Balaban J connectivity index is 1.38. The number of carbonyl (C=O) groups is 7. The van der Waals surface area contributed by atoms with Crippen LogP contribution in [0.3, 0.4) is 0 Å². The Morgan fingerprint density at radius 1 is 0.600 bits per heavy atom. The summed E-state index contributed by atoms with van der Waals surface area (Å²) >= 11 is 0. The third-order valence-electron chi connectivity index (χ3n) is 11.8. The molecule has 0 radical (unpaired) electrons. The predicted octanol–water partition coefficient (Wildman–Crippen LogP) is 3.82. The van der Waals surface area contributed by atoms with Crippen molar-refractivity contribution in [2.24, 2.45) is 35.5 Å². The number of esters is 1. The minimum atomic E-state index is -1.06. The number of hydrogen-bond donors (Lipinski definition) is 5. The second kappa shape index (κ2) is 25.3. The maximum Gasteiger partial charge on any atom is 0.408 e. The molecular weight excluding hydrogens is 831 g/mol. The minimum Gasteiger partial charge on any atom is -0.467 e. The van der Waals surface area contributed by atoms with Gasteiger partial charge < -0.3 is 41.0 Å². The molecule has 2 fully saturated rings. The van der Waals surface area contributed by atoms with Gasteiger partial charge in [0.1, 0.15) is 36.8 Å². The summed E-state index contributed by atoms with van der Waals surface area (Å²) in [5.41, 5.74) is 1.59. The van der Waals surface area contributed by atoms with Gasteiger partial charge in [-0.1, -0.05) is 116 Å². The van der Waals surface area contributed by atoms with Gasteiger partial charge in [0.2, 0.25) is 29.5 Å². The first kappa shape index (κ1) is 52.1. The molecule has 358 valence electrons. The second-order valence-electron chi connectivity index (χ2n) is 19.3. The zero-order valence-corrected chi connectivity index (χ0v) is 39.8. The number of nitrogens with zero attached hydrogens (tertiary/aromatic N) is 2. The van der Waals surface area contributed by atoms with E-state index in [-0.39, 0.29) is 66.9 Å². The number of hydrogen-bond acceptors (Lipinski definition) is 10. The van der Waals surface area contributed by atoms with Crippen LogP contribution in [-0.4, -0.2) is 121 Å². The van der Waals surface area contributed by atoms with Gasteiger partial charge in [0, 0.05) is 32.6 Å². The van der Waals surface area contributed by atoms with Crippen molar-refractivity contribution in [3.8, 4) is 0 Å². The molecule has 0 aromatic heterocycles. The molecule has 65 heavy (non-hydrogen) atoms. The Hall–Kier alpha value is -5.51. The maximum atomic E-state index is 14.3. The zero-order valence-electron chi connectivity index (χ0n) is 39.8. The standard InChI is InChI=1S/C49H73N7O9/c1-30(2)20-38(44(58)54-43(33(7)8)48(62)64-9)50-41(57)28-55-24-36-22-37(25-55)27-56(26-36)47(61)40(21-31(3)4)51-46(60)42(32(5)6)53-45(59)39(23-34-16-12-10-13-17-34)52-49(63)65-29-35-18-14-11-15-19-35/h10-19,30-33,36-40,42-43H,20-29H2,1-9H3,(H,50,57)(H,51,60)(H,52,63)(H,53,59)(H,54,58)/t36?,37?,38-,39-,40-,42-,43-/m0/s1. The van der Waals surface area contributed by atoms with Crippen LogP contribution in [0, 0.1) is 35.5 Å². The van der Waals surface area contributed by atoms with E-state index in [2.05, 4.69) is 31.5 Å². The van der Waals surface area contributed by atoms with E-state index in [4.69, 9.17) is 9.47 Å². The third-order valence-corrected chi connectivity index (χ3v) is 11.8. The van der Waals surface area contributed by atoms with Crippen molar-refractivity contribution in [1.29, 1.82) is 0 Å². The molecule has 0 aliphatic carbocycles. The van der Waals surface area contributed by atoms with Crippen LogP contribution < -0.4 is 26.6 Å². The van der Waals surface area contributed by atoms with E-state index < -0.39 is 60.0 Å². The molecule has 2 aromatic carbocycles. The maximum absolute atomic E-state index is 14.3. The van der Waals surface area contributed by atoms with E-state index in [9.17, 15) is 33.6 Å². The van der Waals surface area contributed by atoms with Gasteiger partial charge in [-0.2, -0.15) is 0 Å². The van der Waals surface area contributed by atoms with Gasteiger partial charge in [0.15, 0.2) is 0 Å². The average Bonchev–Trinajstić information content (AvgIpc) is 3.25. The van der Waals surface area contributed by atoms with E-state index >= 15 is 0 Å². The number of piperidine rings is 2. The Morgan fingerprint density at radius 3 is 1.66 bits per heavy atom. The molecular formula is C49H73N7O9. The first-order valence-electron chi connectivity index (χ1n) is 23.1. The molecule has 4 rings (SSSR count). The molecule has 2 bridgehead atoms. The van der Waals surface area contributed by atoms with E-state index in [1.165, 1.54) is 7.11 Å². The van der Waals surface area contributed by atoms with E-state index in [0.717, 1.165) is 17.5 Å². The van der Waals surface area contributed by atoms with Crippen molar-refractivity contribution >= 4 is 41.6 Å². The van der Waals surface area contributed by atoms with Gasteiger partial charge in [-0.15, -0.1) is 0 Å². The van der Waals surface area contributed by atoms with E-state index in [1.54, 1.807) is 0 Å². The first-order chi connectivity index (χ1) is 30.8. The van der Waals surface area contributed by atoms with E-state index in [0.29, 0.717) is 39.0 Å². The molecule has 16 nitrogen and oxygen atoms in total. The molecule has 5 N–H and O–H groups in total. The number of benzene rings is 2. The van der Waals surface area contributed by atoms with Crippen molar-refractivity contribution in [2.45, 2.75) is 118 Å². The summed E-state index contributed by atoms with van der Waals surface area (Å²) in [6.07, 6.45) is 1.05. The largest absolute Gasteiger partial charge is 0.467 e. The van der Waals surface area contributed by atoms with Crippen molar-refractivity contribution < 1.29 is 43.0 Å². The lowest BCUT2D eigenvalue weighted by Gasteiger charge is -2.46. The SMILES string of the molecule is COC(=O)[C@@H](NC(=O)[C@H](CC(C)C)NC(=O)CN1CC2CC(C1)CN(C(=O)[C@H](CC(C)C)NC(=O)[C@@H](NC(=O)[C@H](Cc1ccccc1)NC(=O)OCc1ccccc1)C(C)C)C2)C(C)C. The Bertz CT molecular complexity index is 1880. The molecule has 0 saturated carbocycles. The number of likely N-dealkylation sites (tertiary alicyclic amines) is 2. The number of nitrogens with one attached hydrogen (secondary N) is 5. The van der Waals surface area contributed by atoms with Crippen LogP contribution in [0.15, 0.2) is 60.7 Å². The van der Waals surface area contributed by atoms with Crippen LogP contribution in [-0.2, 0) is 51.3 Å². The normalized spacial score (nSPS) is 18.5. The molecule has 2 unspecified atom stereocenters. The molecule has 7 atom stereocenters. The highest BCUT2D eigenvalue weighted by Crippen LogP contribution is 2.29. The lowest BCUT2D eigenvalue weighted by Crippen LogP contribution is -2.61. The van der Waals surface area contributed by atoms with Crippen molar-refractivity contribution in [2.75, 3.05) is 39.8 Å². The van der Waals surface area contributed by atoms with Gasteiger partial charge in [-0.3, -0.25) is 28.9 Å². The monoisotopic (exact) mass is 904 g/mol. The fourth-order valence-corrected chi connectivity index (χ4v) is 8.65. The lowest BCUT2D eigenvalue weighted by molar-refractivity contribution is -0.146. The summed E-state index contributed by atoms with van der Waals surface area (Å²) in [4.78, 5) is 98.4. The number of carbonyl (C=O) groups excluding carboxylic acids is 7. The third kappa shape index (κ3) is 16.8.